The van der Waals surface area contributed by atoms with E-state index in [1.807, 2.05) is 30.3 Å². The van der Waals surface area contributed by atoms with Crippen molar-refractivity contribution >= 4 is 0 Å². The van der Waals surface area contributed by atoms with E-state index in [1.165, 1.54) is 45.2 Å². The number of likely N-dealkylation sites (tertiary alicyclic amines) is 1. The van der Waals surface area contributed by atoms with E-state index in [-0.39, 0.29) is 6.61 Å². The van der Waals surface area contributed by atoms with Crippen molar-refractivity contribution in [1.82, 2.24) is 4.90 Å². The van der Waals surface area contributed by atoms with Gasteiger partial charge in [-0.25, -0.2) is 0 Å². The zero-order valence-corrected chi connectivity index (χ0v) is 12.4. The highest BCUT2D eigenvalue weighted by atomic mass is 16.3. The maximum Gasteiger partial charge on any atom is 0.0656 e. The fraction of sp³-hybridized carbons (Fsp3) is 0.647. The van der Waals surface area contributed by atoms with Crippen LogP contribution in [0.4, 0.5) is 0 Å². The van der Waals surface area contributed by atoms with Crippen LogP contribution >= 0.6 is 0 Å². The molecular weight excluding hydrogens is 248 g/mol. The molecule has 1 atom stereocenters. The van der Waals surface area contributed by atoms with Gasteiger partial charge in [-0.3, -0.25) is 0 Å². The minimum atomic E-state index is -0.608. The van der Waals surface area contributed by atoms with E-state index in [9.17, 15) is 5.11 Å². The topological polar surface area (TPSA) is 49.5 Å². The Kier molecular flexibility index (Phi) is 6.02. The lowest BCUT2D eigenvalue weighted by Gasteiger charge is -2.32. The third kappa shape index (κ3) is 4.30. The SMILES string of the molecule is NC(CO)(CCN1CCCCCCC1)c1ccccc1. The monoisotopic (exact) mass is 276 g/mol. The summed E-state index contributed by atoms with van der Waals surface area (Å²) in [6.07, 6.45) is 7.48. The van der Waals surface area contributed by atoms with Gasteiger partial charge in [0.25, 0.3) is 0 Å². The van der Waals surface area contributed by atoms with Crippen molar-refractivity contribution in [3.63, 3.8) is 0 Å². The van der Waals surface area contributed by atoms with Gasteiger partial charge in [0.2, 0.25) is 0 Å². The van der Waals surface area contributed by atoms with Gasteiger partial charge in [0.1, 0.15) is 0 Å². The first kappa shape index (κ1) is 15.5. The van der Waals surface area contributed by atoms with Crippen LogP contribution in [0.25, 0.3) is 0 Å². The summed E-state index contributed by atoms with van der Waals surface area (Å²) in [6.45, 7) is 3.34. The molecule has 1 heterocycles. The molecule has 0 aromatic heterocycles. The van der Waals surface area contributed by atoms with Crippen LogP contribution in [0.1, 0.15) is 44.1 Å². The van der Waals surface area contributed by atoms with E-state index in [0.717, 1.165) is 18.5 Å². The number of nitrogens with zero attached hydrogens (tertiary/aromatic N) is 1. The third-order valence-electron chi connectivity index (χ3n) is 4.45. The molecule has 1 aromatic carbocycles. The number of aliphatic hydroxyl groups is 1. The fourth-order valence-corrected chi connectivity index (χ4v) is 2.98. The fourth-order valence-electron chi connectivity index (χ4n) is 2.98. The Bertz CT molecular complexity index is 374. The molecule has 0 aliphatic carbocycles. The van der Waals surface area contributed by atoms with Crippen molar-refractivity contribution in [2.24, 2.45) is 5.73 Å². The van der Waals surface area contributed by atoms with Crippen molar-refractivity contribution in [2.75, 3.05) is 26.2 Å². The van der Waals surface area contributed by atoms with Crippen LogP contribution in [0.2, 0.25) is 0 Å². The Morgan fingerprint density at radius 1 is 1.00 bits per heavy atom. The van der Waals surface area contributed by atoms with Crippen molar-refractivity contribution in [2.45, 2.75) is 44.1 Å². The Labute approximate surface area is 122 Å². The van der Waals surface area contributed by atoms with Crippen LogP contribution in [-0.2, 0) is 5.54 Å². The third-order valence-corrected chi connectivity index (χ3v) is 4.45. The first-order valence-electron chi connectivity index (χ1n) is 7.92. The van der Waals surface area contributed by atoms with Crippen LogP contribution in [0.5, 0.6) is 0 Å². The first-order chi connectivity index (χ1) is 9.74. The molecule has 20 heavy (non-hydrogen) atoms. The van der Waals surface area contributed by atoms with Crippen LogP contribution in [-0.4, -0.2) is 36.2 Å². The van der Waals surface area contributed by atoms with Crippen LogP contribution < -0.4 is 5.73 Å². The normalized spacial score (nSPS) is 20.9. The molecule has 1 aliphatic rings. The summed E-state index contributed by atoms with van der Waals surface area (Å²) >= 11 is 0. The minimum Gasteiger partial charge on any atom is -0.394 e. The quantitative estimate of drug-likeness (QED) is 0.868. The zero-order chi connectivity index (χ0) is 14.3. The lowest BCUT2D eigenvalue weighted by Crippen LogP contribution is -2.44. The van der Waals surface area contributed by atoms with Gasteiger partial charge in [0.15, 0.2) is 0 Å². The number of benzene rings is 1. The Morgan fingerprint density at radius 3 is 2.20 bits per heavy atom. The molecule has 1 unspecified atom stereocenters. The predicted molar refractivity (Wildman–Crippen MR) is 83.5 cm³/mol. The van der Waals surface area contributed by atoms with Crippen molar-refractivity contribution < 1.29 is 5.11 Å². The van der Waals surface area contributed by atoms with Crippen molar-refractivity contribution in [3.8, 4) is 0 Å². The summed E-state index contributed by atoms with van der Waals surface area (Å²) in [4.78, 5) is 2.51. The van der Waals surface area contributed by atoms with Crippen LogP contribution in [0.15, 0.2) is 30.3 Å². The van der Waals surface area contributed by atoms with Gasteiger partial charge in [-0.2, -0.15) is 0 Å². The van der Waals surface area contributed by atoms with E-state index < -0.39 is 5.54 Å². The molecule has 0 amide bonds. The highest BCUT2D eigenvalue weighted by Crippen LogP contribution is 2.22. The zero-order valence-electron chi connectivity index (χ0n) is 12.4. The summed E-state index contributed by atoms with van der Waals surface area (Å²) in [5, 5.41) is 9.73. The summed E-state index contributed by atoms with van der Waals surface area (Å²) < 4.78 is 0. The Hall–Kier alpha value is -0.900. The highest BCUT2D eigenvalue weighted by molar-refractivity contribution is 5.24. The van der Waals surface area contributed by atoms with Gasteiger partial charge < -0.3 is 15.7 Å². The van der Waals surface area contributed by atoms with Gasteiger partial charge in [0.05, 0.1) is 12.1 Å². The molecule has 1 saturated heterocycles. The molecular formula is C17H28N2O. The van der Waals surface area contributed by atoms with Gasteiger partial charge in [-0.1, -0.05) is 49.6 Å². The first-order valence-corrected chi connectivity index (χ1v) is 7.92. The standard InChI is InChI=1S/C17H28N2O/c18-17(15-20,16-9-5-4-6-10-16)11-14-19-12-7-2-1-3-8-13-19/h4-6,9-10,20H,1-3,7-8,11-15,18H2. The van der Waals surface area contributed by atoms with Gasteiger partial charge in [-0.05, 0) is 37.9 Å². The molecule has 1 fully saturated rings. The lowest BCUT2D eigenvalue weighted by atomic mass is 9.88. The van der Waals surface area contributed by atoms with E-state index >= 15 is 0 Å². The van der Waals surface area contributed by atoms with E-state index in [2.05, 4.69) is 4.90 Å². The molecule has 0 radical (unpaired) electrons. The number of hydrogen-bond acceptors (Lipinski definition) is 3. The maximum absolute atomic E-state index is 9.73. The van der Waals surface area contributed by atoms with Gasteiger partial charge in [0, 0.05) is 6.54 Å². The molecule has 0 saturated carbocycles. The number of aliphatic hydroxyl groups excluding tert-OH is 1. The predicted octanol–water partition coefficient (Wildman–Crippen LogP) is 2.49. The lowest BCUT2D eigenvalue weighted by molar-refractivity contribution is 0.158. The van der Waals surface area contributed by atoms with Gasteiger partial charge in [-0.15, -0.1) is 0 Å². The second kappa shape index (κ2) is 7.77. The van der Waals surface area contributed by atoms with Crippen LogP contribution in [0.3, 0.4) is 0 Å². The number of hydrogen-bond donors (Lipinski definition) is 2. The minimum absolute atomic E-state index is 0.00481. The van der Waals surface area contributed by atoms with E-state index in [1.54, 1.807) is 0 Å². The second-order valence-electron chi connectivity index (χ2n) is 6.04. The molecule has 1 aromatic rings. The molecule has 1 aliphatic heterocycles. The largest absolute Gasteiger partial charge is 0.394 e. The molecule has 3 heteroatoms. The molecule has 3 nitrogen and oxygen atoms in total. The number of nitrogens with two attached hydrogens (primary N) is 1. The summed E-state index contributed by atoms with van der Waals surface area (Å²) in [5.41, 5.74) is 6.86. The maximum atomic E-state index is 9.73. The molecule has 0 spiro atoms. The second-order valence-corrected chi connectivity index (χ2v) is 6.04. The molecule has 3 N–H and O–H groups in total. The highest BCUT2D eigenvalue weighted by Gasteiger charge is 2.26. The smallest absolute Gasteiger partial charge is 0.0656 e. The van der Waals surface area contributed by atoms with Gasteiger partial charge >= 0.3 is 0 Å². The Balaban J connectivity index is 1.92. The van der Waals surface area contributed by atoms with E-state index in [0.29, 0.717) is 0 Å². The molecule has 0 bridgehead atoms. The molecule has 112 valence electrons. The van der Waals surface area contributed by atoms with Crippen molar-refractivity contribution in [3.05, 3.63) is 35.9 Å². The Morgan fingerprint density at radius 2 is 1.60 bits per heavy atom. The molecule has 2 rings (SSSR count). The number of rotatable bonds is 5. The van der Waals surface area contributed by atoms with Crippen LogP contribution in [0, 0.1) is 0 Å². The average molecular weight is 276 g/mol. The summed E-state index contributed by atoms with van der Waals surface area (Å²) in [6, 6.07) is 10.00. The summed E-state index contributed by atoms with van der Waals surface area (Å²) in [7, 11) is 0. The summed E-state index contributed by atoms with van der Waals surface area (Å²) in [5.74, 6) is 0. The van der Waals surface area contributed by atoms with E-state index in [4.69, 9.17) is 5.73 Å². The average Bonchev–Trinajstić information content (AvgIpc) is 2.47. The van der Waals surface area contributed by atoms with Crippen molar-refractivity contribution in [1.29, 1.82) is 0 Å².